The Morgan fingerprint density at radius 1 is 0.947 bits per heavy atom. The number of nitriles is 1. The molecule has 0 aliphatic carbocycles. The van der Waals surface area contributed by atoms with E-state index in [0.29, 0.717) is 0 Å². The lowest BCUT2D eigenvalue weighted by molar-refractivity contribution is 0.629. The van der Waals surface area contributed by atoms with Crippen LogP contribution in [0.25, 0.3) is 0 Å². The number of nitrogens with zero attached hydrogens (tertiary/aromatic N) is 1. The summed E-state index contributed by atoms with van der Waals surface area (Å²) < 4.78 is 0. The van der Waals surface area contributed by atoms with Crippen LogP contribution in [0.1, 0.15) is 17.2 Å². The van der Waals surface area contributed by atoms with E-state index < -0.39 is 0 Å². The molecule has 98 valence electrons. The molecule has 0 saturated carbocycles. The molecule has 0 radical (unpaired) electrons. The SMILES string of the molecule is Cl.N#CC(NCCc1ccccc1)c1ccccc1. The molecule has 19 heavy (non-hydrogen) atoms. The Labute approximate surface area is 120 Å². The van der Waals surface area contributed by atoms with Crippen LogP contribution >= 0.6 is 12.4 Å². The van der Waals surface area contributed by atoms with E-state index in [1.807, 2.05) is 48.5 Å². The molecule has 3 heteroatoms. The van der Waals surface area contributed by atoms with Crippen LogP contribution in [-0.2, 0) is 6.42 Å². The summed E-state index contributed by atoms with van der Waals surface area (Å²) in [6, 6.07) is 22.2. The average Bonchev–Trinajstić information content (AvgIpc) is 2.46. The van der Waals surface area contributed by atoms with E-state index in [9.17, 15) is 0 Å². The summed E-state index contributed by atoms with van der Waals surface area (Å²) in [5, 5.41) is 12.4. The van der Waals surface area contributed by atoms with Gasteiger partial charge >= 0.3 is 0 Å². The Morgan fingerprint density at radius 3 is 2.11 bits per heavy atom. The highest BCUT2D eigenvalue weighted by Crippen LogP contribution is 2.11. The second-order valence-corrected chi connectivity index (χ2v) is 4.16. The fourth-order valence-corrected chi connectivity index (χ4v) is 1.89. The van der Waals surface area contributed by atoms with Gasteiger partial charge in [0.15, 0.2) is 0 Å². The van der Waals surface area contributed by atoms with Crippen LogP contribution in [0.2, 0.25) is 0 Å². The van der Waals surface area contributed by atoms with Gasteiger partial charge in [0.05, 0.1) is 6.07 Å². The molecule has 0 spiro atoms. The third-order valence-corrected chi connectivity index (χ3v) is 2.87. The van der Waals surface area contributed by atoms with Crippen molar-refractivity contribution in [3.8, 4) is 6.07 Å². The van der Waals surface area contributed by atoms with E-state index in [0.717, 1.165) is 18.5 Å². The van der Waals surface area contributed by atoms with Crippen molar-refractivity contribution in [3.05, 3.63) is 71.8 Å². The Morgan fingerprint density at radius 2 is 1.53 bits per heavy atom. The Balaban J connectivity index is 0.00000180. The van der Waals surface area contributed by atoms with Gasteiger partial charge in [0, 0.05) is 6.54 Å². The Kier molecular flexibility index (Phi) is 6.67. The number of nitrogens with one attached hydrogen (secondary N) is 1. The lowest BCUT2D eigenvalue weighted by Crippen LogP contribution is -2.22. The standard InChI is InChI=1S/C16H16N2.ClH/c17-13-16(15-9-5-2-6-10-15)18-12-11-14-7-3-1-4-8-14;/h1-10,16,18H,11-12H2;1H. The van der Waals surface area contributed by atoms with Gasteiger partial charge in [-0.05, 0) is 17.5 Å². The number of hydrogen-bond acceptors (Lipinski definition) is 2. The van der Waals surface area contributed by atoms with Crippen molar-refractivity contribution in [2.24, 2.45) is 0 Å². The Hall–Kier alpha value is -1.82. The molecule has 0 aromatic heterocycles. The average molecular weight is 273 g/mol. The van der Waals surface area contributed by atoms with E-state index in [1.165, 1.54) is 5.56 Å². The minimum absolute atomic E-state index is 0. The molecule has 1 N–H and O–H groups in total. The highest BCUT2D eigenvalue weighted by molar-refractivity contribution is 5.85. The van der Waals surface area contributed by atoms with Crippen molar-refractivity contribution in [2.45, 2.75) is 12.5 Å². The van der Waals surface area contributed by atoms with Crippen LogP contribution < -0.4 is 5.32 Å². The maximum absolute atomic E-state index is 9.16. The molecule has 1 atom stereocenters. The third kappa shape index (κ3) is 4.75. The first kappa shape index (κ1) is 15.2. The minimum atomic E-state index is -0.227. The molecule has 1 unspecified atom stereocenters. The lowest BCUT2D eigenvalue weighted by atomic mass is 10.1. The van der Waals surface area contributed by atoms with Gasteiger partial charge in [-0.1, -0.05) is 60.7 Å². The maximum atomic E-state index is 9.16. The summed E-state index contributed by atoms with van der Waals surface area (Å²) in [5.41, 5.74) is 2.31. The van der Waals surface area contributed by atoms with Crippen LogP contribution in [0.15, 0.2) is 60.7 Å². The number of benzene rings is 2. The second kappa shape index (κ2) is 8.31. The van der Waals surface area contributed by atoms with Gasteiger partial charge in [-0.15, -0.1) is 12.4 Å². The van der Waals surface area contributed by atoms with Gasteiger partial charge in [-0.3, -0.25) is 5.32 Å². The van der Waals surface area contributed by atoms with E-state index in [4.69, 9.17) is 5.26 Å². The molecular formula is C16H17ClN2. The molecule has 0 saturated heterocycles. The zero-order valence-electron chi connectivity index (χ0n) is 10.6. The molecule has 2 aromatic carbocycles. The first-order chi connectivity index (χ1) is 8.90. The van der Waals surface area contributed by atoms with Crippen molar-refractivity contribution >= 4 is 12.4 Å². The van der Waals surface area contributed by atoms with Gasteiger partial charge in [-0.2, -0.15) is 5.26 Å². The van der Waals surface area contributed by atoms with Crippen molar-refractivity contribution in [3.63, 3.8) is 0 Å². The molecule has 0 bridgehead atoms. The summed E-state index contributed by atoms with van der Waals surface area (Å²) in [6.45, 7) is 0.803. The monoisotopic (exact) mass is 272 g/mol. The van der Waals surface area contributed by atoms with Crippen LogP contribution in [0.5, 0.6) is 0 Å². The number of hydrogen-bond donors (Lipinski definition) is 1. The van der Waals surface area contributed by atoms with E-state index >= 15 is 0 Å². The maximum Gasteiger partial charge on any atom is 0.121 e. The first-order valence-corrected chi connectivity index (χ1v) is 6.12. The molecule has 0 aliphatic rings. The van der Waals surface area contributed by atoms with E-state index in [1.54, 1.807) is 0 Å². The molecule has 0 fully saturated rings. The molecular weight excluding hydrogens is 256 g/mol. The van der Waals surface area contributed by atoms with Gasteiger partial charge in [-0.25, -0.2) is 0 Å². The largest absolute Gasteiger partial charge is 0.298 e. The second-order valence-electron chi connectivity index (χ2n) is 4.16. The molecule has 2 rings (SSSR count). The van der Waals surface area contributed by atoms with E-state index in [2.05, 4.69) is 23.5 Å². The highest BCUT2D eigenvalue weighted by Gasteiger charge is 2.07. The first-order valence-electron chi connectivity index (χ1n) is 6.12. The van der Waals surface area contributed by atoms with E-state index in [-0.39, 0.29) is 18.4 Å². The summed E-state index contributed by atoms with van der Waals surface area (Å²) in [4.78, 5) is 0. The number of rotatable bonds is 5. The van der Waals surface area contributed by atoms with Crippen LogP contribution in [0.3, 0.4) is 0 Å². The molecule has 2 nitrogen and oxygen atoms in total. The van der Waals surface area contributed by atoms with Crippen molar-refractivity contribution < 1.29 is 0 Å². The van der Waals surface area contributed by atoms with Crippen molar-refractivity contribution in [2.75, 3.05) is 6.54 Å². The van der Waals surface area contributed by atoms with Gasteiger partial charge in [0.1, 0.15) is 6.04 Å². The van der Waals surface area contributed by atoms with Crippen molar-refractivity contribution in [1.29, 1.82) is 5.26 Å². The topological polar surface area (TPSA) is 35.8 Å². The zero-order chi connectivity index (χ0) is 12.6. The van der Waals surface area contributed by atoms with Crippen molar-refractivity contribution in [1.82, 2.24) is 5.32 Å². The summed E-state index contributed by atoms with van der Waals surface area (Å²) in [6.07, 6.45) is 0.936. The van der Waals surface area contributed by atoms with Gasteiger partial charge in [0.25, 0.3) is 0 Å². The predicted octanol–water partition coefficient (Wildman–Crippen LogP) is 3.51. The third-order valence-electron chi connectivity index (χ3n) is 2.87. The smallest absolute Gasteiger partial charge is 0.121 e. The Bertz CT molecular complexity index is 505. The quantitative estimate of drug-likeness (QED) is 0.904. The highest BCUT2D eigenvalue weighted by atomic mass is 35.5. The lowest BCUT2D eigenvalue weighted by Gasteiger charge is -2.11. The molecule has 0 heterocycles. The van der Waals surface area contributed by atoms with Crippen LogP contribution in [-0.4, -0.2) is 6.54 Å². The summed E-state index contributed by atoms with van der Waals surface area (Å²) >= 11 is 0. The molecule has 0 aliphatic heterocycles. The summed E-state index contributed by atoms with van der Waals surface area (Å²) in [7, 11) is 0. The van der Waals surface area contributed by atoms with Gasteiger partial charge in [0.2, 0.25) is 0 Å². The fourth-order valence-electron chi connectivity index (χ4n) is 1.89. The fraction of sp³-hybridized carbons (Fsp3) is 0.188. The van der Waals surface area contributed by atoms with Crippen LogP contribution in [0.4, 0.5) is 0 Å². The normalized spacial score (nSPS) is 11.1. The zero-order valence-corrected chi connectivity index (χ0v) is 11.4. The molecule has 0 amide bonds. The molecule has 2 aromatic rings. The van der Waals surface area contributed by atoms with Crippen LogP contribution in [0, 0.1) is 11.3 Å². The number of halogens is 1. The summed E-state index contributed by atoms with van der Waals surface area (Å²) in [5.74, 6) is 0. The predicted molar refractivity (Wildman–Crippen MR) is 80.2 cm³/mol. The van der Waals surface area contributed by atoms with Gasteiger partial charge < -0.3 is 0 Å². The minimum Gasteiger partial charge on any atom is -0.298 e.